The van der Waals surface area contributed by atoms with Crippen molar-refractivity contribution in [1.82, 2.24) is 9.38 Å². The fourth-order valence-electron chi connectivity index (χ4n) is 2.71. The second-order valence-corrected chi connectivity index (χ2v) is 5.48. The first kappa shape index (κ1) is 15.9. The third-order valence-corrected chi connectivity index (χ3v) is 3.91. The van der Waals surface area contributed by atoms with Crippen molar-refractivity contribution in [3.63, 3.8) is 0 Å². The number of hydrogen-bond acceptors (Lipinski definition) is 4. The summed E-state index contributed by atoms with van der Waals surface area (Å²) in [4.78, 5) is 17.4. The number of aromatic hydroxyl groups is 1. The number of rotatable bonds is 4. The number of methoxy groups -OCH3 is 1. The molecule has 0 radical (unpaired) electrons. The zero-order valence-electron chi connectivity index (χ0n) is 13.8. The van der Waals surface area contributed by atoms with Crippen molar-refractivity contribution in [2.24, 2.45) is 0 Å². The van der Waals surface area contributed by atoms with Crippen LogP contribution < -0.4 is 10.1 Å². The van der Waals surface area contributed by atoms with E-state index < -0.39 is 0 Å². The number of benzene rings is 1. The summed E-state index contributed by atoms with van der Waals surface area (Å²) in [5.41, 5.74) is 3.24. The number of nitrogens with zero attached hydrogens (tertiary/aromatic N) is 2. The summed E-state index contributed by atoms with van der Waals surface area (Å²) in [5, 5.41) is 12.4. The zero-order chi connectivity index (χ0) is 17.3. The van der Waals surface area contributed by atoms with Gasteiger partial charge in [0.2, 0.25) is 0 Å². The van der Waals surface area contributed by atoms with E-state index in [-0.39, 0.29) is 11.7 Å². The van der Waals surface area contributed by atoms with Crippen LogP contribution >= 0.6 is 0 Å². The minimum absolute atomic E-state index is 0.166. The molecule has 0 fully saturated rings. The molecule has 2 N–H and O–H groups in total. The number of carbonyl (C=O) groups excluding carboxylic acids is 1. The molecule has 0 spiro atoms. The Morgan fingerprint density at radius 1 is 1.38 bits per heavy atom. The highest BCUT2D eigenvalue weighted by atomic mass is 16.5. The van der Waals surface area contributed by atoms with Crippen LogP contribution in [0.3, 0.4) is 0 Å². The van der Waals surface area contributed by atoms with Crippen LogP contribution in [0.2, 0.25) is 0 Å². The van der Waals surface area contributed by atoms with Crippen LogP contribution in [-0.2, 0) is 6.42 Å². The second-order valence-electron chi connectivity index (χ2n) is 5.48. The monoisotopic (exact) mass is 325 g/mol. The minimum Gasteiger partial charge on any atom is -0.508 e. The number of anilines is 1. The van der Waals surface area contributed by atoms with E-state index in [9.17, 15) is 9.90 Å². The molecule has 6 nitrogen and oxygen atoms in total. The summed E-state index contributed by atoms with van der Waals surface area (Å²) in [6, 6.07) is 8.45. The minimum atomic E-state index is -0.249. The SMILES string of the molecule is CCc1nc2c(OC)cccn2c1C(=O)Nc1ccc(O)cc1C. The van der Waals surface area contributed by atoms with Crippen molar-refractivity contribution in [1.29, 1.82) is 0 Å². The predicted octanol–water partition coefficient (Wildman–Crippen LogP) is 3.17. The third-order valence-electron chi connectivity index (χ3n) is 3.91. The number of carbonyl (C=O) groups is 1. The predicted molar refractivity (Wildman–Crippen MR) is 91.9 cm³/mol. The van der Waals surface area contributed by atoms with Gasteiger partial charge in [0.05, 0.1) is 12.8 Å². The van der Waals surface area contributed by atoms with Gasteiger partial charge in [0.25, 0.3) is 5.91 Å². The van der Waals surface area contributed by atoms with Crippen molar-refractivity contribution in [3.8, 4) is 11.5 Å². The lowest BCUT2D eigenvalue weighted by Gasteiger charge is -2.10. The summed E-state index contributed by atoms with van der Waals surface area (Å²) in [7, 11) is 1.58. The smallest absolute Gasteiger partial charge is 0.274 e. The topological polar surface area (TPSA) is 75.9 Å². The Labute approximate surface area is 139 Å². The van der Waals surface area contributed by atoms with Gasteiger partial charge >= 0.3 is 0 Å². The number of phenolic OH excluding ortho intramolecular Hbond substituents is 1. The highest BCUT2D eigenvalue weighted by molar-refractivity contribution is 6.05. The number of aromatic nitrogens is 2. The number of nitrogens with one attached hydrogen (secondary N) is 1. The van der Waals surface area contributed by atoms with Gasteiger partial charge in [-0.2, -0.15) is 0 Å². The van der Waals surface area contributed by atoms with Gasteiger partial charge in [-0.25, -0.2) is 4.98 Å². The van der Waals surface area contributed by atoms with E-state index in [0.717, 1.165) is 5.56 Å². The molecule has 0 saturated heterocycles. The van der Waals surface area contributed by atoms with Crippen molar-refractivity contribution in [2.45, 2.75) is 20.3 Å². The fourth-order valence-corrected chi connectivity index (χ4v) is 2.71. The zero-order valence-corrected chi connectivity index (χ0v) is 13.8. The molecule has 0 unspecified atom stereocenters. The summed E-state index contributed by atoms with van der Waals surface area (Å²) in [6.45, 7) is 3.78. The molecule has 0 atom stereocenters. The maximum atomic E-state index is 12.8. The van der Waals surface area contributed by atoms with Gasteiger partial charge in [-0.3, -0.25) is 9.20 Å². The van der Waals surface area contributed by atoms with Crippen LogP contribution in [0.4, 0.5) is 5.69 Å². The number of imidazole rings is 1. The molecule has 24 heavy (non-hydrogen) atoms. The number of ether oxygens (including phenoxy) is 1. The molecule has 0 bridgehead atoms. The lowest BCUT2D eigenvalue weighted by atomic mass is 10.1. The van der Waals surface area contributed by atoms with E-state index in [0.29, 0.717) is 34.9 Å². The van der Waals surface area contributed by atoms with Crippen LogP contribution in [0.5, 0.6) is 11.5 Å². The average Bonchev–Trinajstić information content (AvgIpc) is 2.96. The largest absolute Gasteiger partial charge is 0.508 e. The Morgan fingerprint density at radius 2 is 2.17 bits per heavy atom. The quantitative estimate of drug-likeness (QED) is 0.722. The molecule has 0 aliphatic heterocycles. The normalized spacial score (nSPS) is 10.8. The molecule has 124 valence electrons. The molecule has 2 aromatic heterocycles. The van der Waals surface area contributed by atoms with Gasteiger partial charge in [-0.1, -0.05) is 6.92 Å². The Balaban J connectivity index is 2.06. The van der Waals surface area contributed by atoms with Gasteiger partial charge in [0.1, 0.15) is 11.4 Å². The van der Waals surface area contributed by atoms with E-state index in [1.54, 1.807) is 35.9 Å². The van der Waals surface area contributed by atoms with Crippen molar-refractivity contribution in [3.05, 3.63) is 53.5 Å². The molecule has 0 saturated carbocycles. The maximum absolute atomic E-state index is 12.8. The molecule has 3 aromatic rings. The van der Waals surface area contributed by atoms with Crippen LogP contribution in [0.25, 0.3) is 5.65 Å². The molecule has 0 aliphatic carbocycles. The highest BCUT2D eigenvalue weighted by Crippen LogP contribution is 2.25. The van der Waals surface area contributed by atoms with Gasteiger partial charge in [-0.05, 0) is 49.2 Å². The highest BCUT2D eigenvalue weighted by Gasteiger charge is 2.20. The van der Waals surface area contributed by atoms with Crippen LogP contribution in [0.1, 0.15) is 28.7 Å². The lowest BCUT2D eigenvalue weighted by Crippen LogP contribution is -2.17. The number of pyridine rings is 1. The number of amides is 1. The molecule has 1 aromatic carbocycles. The first-order valence-corrected chi connectivity index (χ1v) is 7.70. The lowest BCUT2D eigenvalue weighted by molar-refractivity contribution is 0.102. The molecule has 0 aliphatic rings. The summed E-state index contributed by atoms with van der Waals surface area (Å²) >= 11 is 0. The van der Waals surface area contributed by atoms with Crippen molar-refractivity contribution >= 4 is 17.2 Å². The van der Waals surface area contributed by atoms with Gasteiger partial charge in [-0.15, -0.1) is 0 Å². The molecule has 6 heteroatoms. The Kier molecular flexibility index (Phi) is 4.12. The van der Waals surface area contributed by atoms with Gasteiger partial charge in [0.15, 0.2) is 11.4 Å². The molecular formula is C18H19N3O3. The first-order chi connectivity index (χ1) is 11.5. The van der Waals surface area contributed by atoms with Gasteiger partial charge in [0, 0.05) is 11.9 Å². The van der Waals surface area contributed by atoms with E-state index in [1.807, 2.05) is 26.0 Å². The molecular weight excluding hydrogens is 306 g/mol. The Hall–Kier alpha value is -3.02. The summed E-state index contributed by atoms with van der Waals surface area (Å²) in [6.07, 6.45) is 2.42. The standard InChI is InChI=1S/C18H19N3O3/c1-4-13-16(21-9-5-6-15(24-3)17(21)19-13)18(23)20-14-8-7-12(22)10-11(14)2/h5-10,22H,4H2,1-3H3,(H,20,23). The average molecular weight is 325 g/mol. The van der Waals surface area contributed by atoms with Crippen molar-refractivity contribution < 1.29 is 14.6 Å². The molecule has 2 heterocycles. The van der Waals surface area contributed by atoms with Crippen LogP contribution in [-0.4, -0.2) is 27.5 Å². The van der Waals surface area contributed by atoms with Crippen molar-refractivity contribution in [2.75, 3.05) is 12.4 Å². The Bertz CT molecular complexity index is 915. The van der Waals surface area contributed by atoms with E-state index in [2.05, 4.69) is 10.3 Å². The van der Waals surface area contributed by atoms with Crippen LogP contribution in [0, 0.1) is 6.92 Å². The number of hydrogen-bond donors (Lipinski definition) is 2. The maximum Gasteiger partial charge on any atom is 0.274 e. The molecule has 1 amide bonds. The van der Waals surface area contributed by atoms with E-state index in [1.165, 1.54) is 0 Å². The second kappa shape index (κ2) is 6.23. The van der Waals surface area contributed by atoms with E-state index >= 15 is 0 Å². The summed E-state index contributed by atoms with van der Waals surface area (Å²) in [5.74, 6) is 0.535. The van der Waals surface area contributed by atoms with Crippen LogP contribution in [0.15, 0.2) is 36.5 Å². The summed E-state index contributed by atoms with van der Waals surface area (Å²) < 4.78 is 7.07. The fraction of sp³-hybridized carbons (Fsp3) is 0.222. The Morgan fingerprint density at radius 3 is 2.83 bits per heavy atom. The number of fused-ring (bicyclic) bond motifs is 1. The number of aryl methyl sites for hydroxylation is 2. The molecule has 3 rings (SSSR count). The van der Waals surface area contributed by atoms with E-state index in [4.69, 9.17) is 4.74 Å². The number of phenols is 1. The third kappa shape index (κ3) is 2.67. The first-order valence-electron chi connectivity index (χ1n) is 7.70. The van der Waals surface area contributed by atoms with Gasteiger partial charge < -0.3 is 15.2 Å².